The molecule has 0 bridgehead atoms. The minimum Gasteiger partial charge on any atom is -0.303 e. The maximum atomic E-state index is 10.4. The zero-order valence-electron chi connectivity index (χ0n) is 14.8. The number of thiophene rings is 1. The molecule has 1 aromatic carbocycles. The van der Waals surface area contributed by atoms with E-state index in [0.717, 1.165) is 32.1 Å². The van der Waals surface area contributed by atoms with Crippen LogP contribution in [0.25, 0.3) is 10.4 Å². The van der Waals surface area contributed by atoms with Crippen LogP contribution in [0.5, 0.6) is 0 Å². The molecule has 0 fully saturated rings. The van der Waals surface area contributed by atoms with Gasteiger partial charge in [0.2, 0.25) is 5.69 Å². The molecule has 0 spiro atoms. The van der Waals surface area contributed by atoms with Crippen LogP contribution < -0.4 is 0 Å². The second-order valence-electron chi connectivity index (χ2n) is 7.09. The Morgan fingerprint density at radius 3 is 2.71 bits per heavy atom. The molecule has 0 aliphatic carbocycles. The average molecular weight is 341 g/mol. The topological polar surface area (TPSA) is 20.1 Å². The van der Waals surface area contributed by atoms with Gasteiger partial charge in [0, 0.05) is 36.3 Å². The van der Waals surface area contributed by atoms with Gasteiger partial charge in [-0.1, -0.05) is 6.07 Å². The number of rotatable bonds is 7. The minimum absolute atomic E-state index is 0.0748. The lowest BCUT2D eigenvalue weighted by Gasteiger charge is -2.15. The van der Waals surface area contributed by atoms with Crippen molar-refractivity contribution >= 4 is 29.0 Å². The summed E-state index contributed by atoms with van der Waals surface area (Å²) < 4.78 is 2.48. The van der Waals surface area contributed by atoms with Gasteiger partial charge in [-0.3, -0.25) is 0 Å². The number of carbonyl (C=O) groups excluding carboxylic acids is 1. The van der Waals surface area contributed by atoms with E-state index < -0.39 is 0 Å². The molecule has 2 aromatic rings. The lowest BCUT2D eigenvalue weighted by Crippen LogP contribution is -2.26. The molecule has 1 aromatic heterocycles. The van der Waals surface area contributed by atoms with Crippen LogP contribution >= 0.6 is 11.3 Å². The smallest absolute Gasteiger partial charge is 0.209 e. The molecule has 1 aliphatic heterocycles. The molecule has 0 saturated carbocycles. The van der Waals surface area contributed by atoms with Gasteiger partial charge >= 0.3 is 0 Å². The fourth-order valence-corrected chi connectivity index (χ4v) is 4.27. The standard InChI is InChI=1S/C21H26NOS/c1-16-21(2,3)18-15-17(20-9-8-14-24-20)10-11-19(18)22(16)12-6-4-5-7-13-23/h8-11,13-15H,4-7,12H2,1-3H3/q+1. The molecule has 0 unspecified atom stereocenters. The fourth-order valence-electron chi connectivity index (χ4n) is 3.54. The van der Waals surface area contributed by atoms with Crippen LogP contribution in [0.4, 0.5) is 5.69 Å². The Labute approximate surface area is 148 Å². The minimum atomic E-state index is 0.0748. The molecule has 2 heterocycles. The van der Waals surface area contributed by atoms with Crippen LogP contribution in [0.1, 0.15) is 52.0 Å². The third kappa shape index (κ3) is 3.10. The van der Waals surface area contributed by atoms with Crippen LogP contribution in [0.3, 0.4) is 0 Å². The second kappa shape index (κ2) is 7.02. The van der Waals surface area contributed by atoms with Crippen molar-refractivity contribution in [2.45, 2.75) is 51.9 Å². The molecule has 3 heteroatoms. The summed E-state index contributed by atoms with van der Waals surface area (Å²) in [4.78, 5) is 11.8. The van der Waals surface area contributed by atoms with E-state index in [-0.39, 0.29) is 5.41 Å². The van der Waals surface area contributed by atoms with Gasteiger partial charge in [0.15, 0.2) is 5.71 Å². The fraction of sp³-hybridized carbons (Fsp3) is 0.429. The van der Waals surface area contributed by atoms with E-state index in [9.17, 15) is 4.79 Å². The van der Waals surface area contributed by atoms with Gasteiger partial charge in [0.25, 0.3) is 0 Å². The average Bonchev–Trinajstić information content (AvgIpc) is 3.17. The molecule has 3 rings (SSSR count). The Hall–Kier alpha value is -1.74. The number of nitrogens with zero attached hydrogens (tertiary/aromatic N) is 1. The van der Waals surface area contributed by atoms with Gasteiger partial charge in [-0.15, -0.1) is 11.3 Å². The van der Waals surface area contributed by atoms with Crippen LogP contribution in [0.15, 0.2) is 35.7 Å². The monoisotopic (exact) mass is 340 g/mol. The molecule has 0 atom stereocenters. The molecule has 0 amide bonds. The maximum absolute atomic E-state index is 10.4. The van der Waals surface area contributed by atoms with Crippen molar-refractivity contribution in [2.24, 2.45) is 0 Å². The Morgan fingerprint density at radius 2 is 2.00 bits per heavy atom. The third-order valence-corrected chi connectivity index (χ3v) is 6.20. The van der Waals surface area contributed by atoms with Crippen LogP contribution in [0, 0.1) is 0 Å². The Kier molecular flexibility index (Phi) is 5.00. The summed E-state index contributed by atoms with van der Waals surface area (Å²) in [6, 6.07) is 11.2. The summed E-state index contributed by atoms with van der Waals surface area (Å²) in [5.74, 6) is 0. The van der Waals surface area contributed by atoms with E-state index in [0.29, 0.717) is 6.42 Å². The first-order valence-corrected chi connectivity index (χ1v) is 9.67. The van der Waals surface area contributed by atoms with Gasteiger partial charge in [-0.2, -0.15) is 4.58 Å². The molecule has 24 heavy (non-hydrogen) atoms. The van der Waals surface area contributed by atoms with Gasteiger partial charge < -0.3 is 4.79 Å². The zero-order chi connectivity index (χ0) is 17.2. The molecule has 0 radical (unpaired) electrons. The predicted molar refractivity (Wildman–Crippen MR) is 103 cm³/mol. The van der Waals surface area contributed by atoms with Crippen molar-refractivity contribution in [1.82, 2.24) is 0 Å². The Bertz CT molecular complexity index is 756. The van der Waals surface area contributed by atoms with Crippen molar-refractivity contribution < 1.29 is 9.37 Å². The Balaban J connectivity index is 1.85. The SMILES string of the molecule is CC1=[N+](CCCCCC=O)c2ccc(-c3cccs3)cc2C1(C)C. The van der Waals surface area contributed by atoms with E-state index in [1.54, 1.807) is 11.3 Å². The first-order chi connectivity index (χ1) is 11.6. The van der Waals surface area contributed by atoms with E-state index in [4.69, 9.17) is 0 Å². The van der Waals surface area contributed by atoms with E-state index in [1.165, 1.54) is 27.4 Å². The molecular weight excluding hydrogens is 314 g/mol. The third-order valence-electron chi connectivity index (χ3n) is 5.28. The van der Waals surface area contributed by atoms with Gasteiger partial charge in [-0.05, 0) is 55.8 Å². The summed E-state index contributed by atoms with van der Waals surface area (Å²) in [6.45, 7) is 7.95. The highest BCUT2D eigenvalue weighted by atomic mass is 32.1. The number of carbonyl (C=O) groups is 1. The van der Waals surface area contributed by atoms with Crippen LogP contribution in [0.2, 0.25) is 0 Å². The second-order valence-corrected chi connectivity index (χ2v) is 8.03. The lowest BCUT2D eigenvalue weighted by atomic mass is 9.81. The highest BCUT2D eigenvalue weighted by molar-refractivity contribution is 7.13. The molecular formula is C21H26NOS+. The van der Waals surface area contributed by atoms with Crippen molar-refractivity contribution in [2.75, 3.05) is 6.54 Å². The van der Waals surface area contributed by atoms with Gasteiger partial charge in [-0.25, -0.2) is 0 Å². The normalized spacial score (nSPS) is 15.6. The summed E-state index contributed by atoms with van der Waals surface area (Å²) >= 11 is 1.80. The molecule has 126 valence electrons. The molecule has 0 saturated heterocycles. The first-order valence-electron chi connectivity index (χ1n) is 8.79. The zero-order valence-corrected chi connectivity index (χ0v) is 15.7. The lowest BCUT2D eigenvalue weighted by molar-refractivity contribution is -0.439. The first kappa shape index (κ1) is 17.1. The summed E-state index contributed by atoms with van der Waals surface area (Å²) in [5.41, 5.74) is 5.60. The van der Waals surface area contributed by atoms with Gasteiger partial charge in [0.05, 0.1) is 5.41 Å². The number of hydrogen-bond acceptors (Lipinski definition) is 2. The number of fused-ring (bicyclic) bond motifs is 1. The number of benzene rings is 1. The number of unbranched alkanes of at least 4 members (excludes halogenated alkanes) is 3. The number of hydrogen-bond donors (Lipinski definition) is 0. The Morgan fingerprint density at radius 1 is 1.17 bits per heavy atom. The summed E-state index contributed by atoms with van der Waals surface area (Å²) in [7, 11) is 0. The van der Waals surface area contributed by atoms with Crippen LogP contribution in [-0.4, -0.2) is 23.1 Å². The highest BCUT2D eigenvalue weighted by Gasteiger charge is 2.42. The molecule has 1 aliphatic rings. The predicted octanol–water partition coefficient (Wildman–Crippen LogP) is 5.57. The van der Waals surface area contributed by atoms with Crippen molar-refractivity contribution in [3.05, 3.63) is 41.3 Å². The summed E-state index contributed by atoms with van der Waals surface area (Å²) in [6.07, 6.45) is 4.97. The van der Waals surface area contributed by atoms with Gasteiger partial charge in [0.1, 0.15) is 12.8 Å². The largest absolute Gasteiger partial charge is 0.303 e. The molecule has 0 N–H and O–H groups in total. The maximum Gasteiger partial charge on any atom is 0.209 e. The van der Waals surface area contributed by atoms with E-state index >= 15 is 0 Å². The van der Waals surface area contributed by atoms with Crippen molar-refractivity contribution in [3.63, 3.8) is 0 Å². The van der Waals surface area contributed by atoms with Crippen molar-refractivity contribution in [3.8, 4) is 10.4 Å². The van der Waals surface area contributed by atoms with Crippen LogP contribution in [-0.2, 0) is 10.2 Å². The van der Waals surface area contributed by atoms with E-state index in [1.807, 2.05) is 0 Å². The quantitative estimate of drug-likeness (QED) is 0.366. The number of aldehydes is 1. The van der Waals surface area contributed by atoms with E-state index in [2.05, 4.69) is 61.1 Å². The molecule has 2 nitrogen and oxygen atoms in total. The van der Waals surface area contributed by atoms with Crippen molar-refractivity contribution in [1.29, 1.82) is 0 Å². The highest BCUT2D eigenvalue weighted by Crippen LogP contribution is 2.42. The summed E-state index contributed by atoms with van der Waals surface area (Å²) in [5, 5.41) is 2.14.